The SMILES string of the molecule is C1=C(c2ccccc2)CCN(CC2CCC=C(c3c[nH]c4ccccc34)C2)C1. The zero-order valence-electron chi connectivity index (χ0n) is 16.4. The fourth-order valence-electron chi connectivity index (χ4n) is 4.86. The van der Waals surface area contributed by atoms with Crippen LogP contribution in [0, 0.1) is 5.92 Å². The normalized spacial score (nSPS) is 20.8. The summed E-state index contributed by atoms with van der Waals surface area (Å²) in [6.45, 7) is 3.49. The van der Waals surface area contributed by atoms with Crippen LogP contribution in [-0.2, 0) is 0 Å². The first-order valence-electron chi connectivity index (χ1n) is 10.6. The van der Waals surface area contributed by atoms with Gasteiger partial charge in [-0.05, 0) is 54.4 Å². The molecule has 3 aromatic rings. The molecule has 2 aliphatic rings. The van der Waals surface area contributed by atoms with Crippen LogP contribution in [0.25, 0.3) is 22.0 Å². The van der Waals surface area contributed by atoms with Gasteiger partial charge < -0.3 is 4.98 Å². The van der Waals surface area contributed by atoms with E-state index < -0.39 is 0 Å². The van der Waals surface area contributed by atoms with Crippen LogP contribution in [0.15, 0.2) is 72.9 Å². The lowest BCUT2D eigenvalue weighted by atomic mass is 9.85. The molecule has 1 unspecified atom stereocenters. The molecule has 2 heteroatoms. The van der Waals surface area contributed by atoms with Gasteiger partial charge in [0.05, 0.1) is 0 Å². The van der Waals surface area contributed by atoms with Gasteiger partial charge in [0, 0.05) is 42.3 Å². The van der Waals surface area contributed by atoms with Gasteiger partial charge in [-0.2, -0.15) is 0 Å². The Morgan fingerprint density at radius 1 is 0.929 bits per heavy atom. The Kier molecular flexibility index (Phi) is 4.88. The molecule has 0 amide bonds. The van der Waals surface area contributed by atoms with Crippen LogP contribution >= 0.6 is 0 Å². The van der Waals surface area contributed by atoms with Gasteiger partial charge in [-0.15, -0.1) is 0 Å². The fourth-order valence-corrected chi connectivity index (χ4v) is 4.86. The van der Waals surface area contributed by atoms with Crippen molar-refractivity contribution in [2.75, 3.05) is 19.6 Å². The van der Waals surface area contributed by atoms with Crippen molar-refractivity contribution in [3.8, 4) is 0 Å². The van der Waals surface area contributed by atoms with E-state index in [1.165, 1.54) is 71.9 Å². The maximum Gasteiger partial charge on any atom is 0.0460 e. The predicted molar refractivity (Wildman–Crippen MR) is 119 cm³/mol. The van der Waals surface area contributed by atoms with Crippen LogP contribution < -0.4 is 0 Å². The molecule has 142 valence electrons. The van der Waals surface area contributed by atoms with Crippen molar-refractivity contribution in [2.45, 2.75) is 25.7 Å². The van der Waals surface area contributed by atoms with Crippen LogP contribution in [0.4, 0.5) is 0 Å². The molecule has 2 nitrogen and oxygen atoms in total. The summed E-state index contributed by atoms with van der Waals surface area (Å²) in [5.74, 6) is 0.764. The van der Waals surface area contributed by atoms with E-state index in [0.29, 0.717) is 0 Å². The second kappa shape index (κ2) is 7.81. The quantitative estimate of drug-likeness (QED) is 0.586. The number of hydrogen-bond acceptors (Lipinski definition) is 1. The van der Waals surface area contributed by atoms with E-state index in [1.54, 1.807) is 0 Å². The largest absolute Gasteiger partial charge is 0.361 e. The Bertz CT molecular complexity index is 1010. The number of aromatic amines is 1. The number of fused-ring (bicyclic) bond motifs is 1. The lowest BCUT2D eigenvalue weighted by Crippen LogP contribution is -2.33. The summed E-state index contributed by atoms with van der Waals surface area (Å²) in [5, 5.41) is 1.36. The van der Waals surface area contributed by atoms with E-state index in [9.17, 15) is 0 Å². The van der Waals surface area contributed by atoms with Gasteiger partial charge in [-0.1, -0.05) is 60.7 Å². The van der Waals surface area contributed by atoms with E-state index in [2.05, 4.69) is 82.8 Å². The molecule has 1 atom stereocenters. The monoisotopic (exact) mass is 368 g/mol. The zero-order valence-corrected chi connectivity index (χ0v) is 16.4. The first-order valence-corrected chi connectivity index (χ1v) is 10.6. The molecule has 1 N–H and O–H groups in total. The third kappa shape index (κ3) is 3.57. The highest BCUT2D eigenvalue weighted by molar-refractivity contribution is 5.92. The number of H-pyrrole nitrogens is 1. The molecule has 2 aromatic carbocycles. The molecule has 0 spiro atoms. The Morgan fingerprint density at radius 2 is 1.79 bits per heavy atom. The van der Waals surface area contributed by atoms with Crippen LogP contribution in [0.1, 0.15) is 36.8 Å². The van der Waals surface area contributed by atoms with Gasteiger partial charge in [0.2, 0.25) is 0 Å². The van der Waals surface area contributed by atoms with E-state index in [4.69, 9.17) is 0 Å². The summed E-state index contributed by atoms with van der Waals surface area (Å²) in [6.07, 6.45) is 12.0. The minimum Gasteiger partial charge on any atom is -0.361 e. The molecule has 2 heterocycles. The molecular formula is C26H28N2. The molecular weight excluding hydrogens is 340 g/mol. The Morgan fingerprint density at radius 3 is 2.64 bits per heavy atom. The summed E-state index contributed by atoms with van der Waals surface area (Å²) in [4.78, 5) is 6.09. The van der Waals surface area contributed by atoms with Crippen molar-refractivity contribution in [3.63, 3.8) is 0 Å². The number of nitrogens with one attached hydrogen (secondary N) is 1. The number of benzene rings is 2. The molecule has 28 heavy (non-hydrogen) atoms. The van der Waals surface area contributed by atoms with Crippen LogP contribution in [0.2, 0.25) is 0 Å². The number of hydrogen-bond donors (Lipinski definition) is 1. The second-order valence-electron chi connectivity index (χ2n) is 8.23. The Balaban J connectivity index is 1.24. The average Bonchev–Trinajstić information content (AvgIpc) is 3.19. The van der Waals surface area contributed by atoms with E-state index in [0.717, 1.165) is 12.5 Å². The molecule has 5 rings (SSSR count). The molecule has 1 aliphatic carbocycles. The number of rotatable bonds is 4. The fraction of sp³-hybridized carbons (Fsp3) is 0.308. The van der Waals surface area contributed by atoms with Gasteiger partial charge >= 0.3 is 0 Å². The van der Waals surface area contributed by atoms with Crippen LogP contribution in [-0.4, -0.2) is 29.5 Å². The molecule has 1 aliphatic heterocycles. The third-order valence-electron chi connectivity index (χ3n) is 6.36. The second-order valence-corrected chi connectivity index (χ2v) is 8.23. The Labute approximate surface area is 167 Å². The molecule has 0 radical (unpaired) electrons. The molecule has 0 saturated heterocycles. The number of allylic oxidation sites excluding steroid dienone is 2. The highest BCUT2D eigenvalue weighted by Gasteiger charge is 2.22. The maximum absolute atomic E-state index is 3.44. The summed E-state index contributed by atoms with van der Waals surface area (Å²) in [6, 6.07) is 19.5. The van der Waals surface area contributed by atoms with Crippen molar-refractivity contribution < 1.29 is 0 Å². The standard InChI is InChI=1S/C26H28N2/c1-2-8-21(9-3-1)22-13-15-28(16-14-22)19-20-7-6-10-23(17-20)25-18-27-26-12-5-4-11-24(25)26/h1-5,8-13,18,20,27H,6-7,14-17,19H2. The molecule has 0 bridgehead atoms. The number of para-hydroxylation sites is 1. The van der Waals surface area contributed by atoms with Gasteiger partial charge in [0.1, 0.15) is 0 Å². The zero-order chi connectivity index (χ0) is 18.8. The van der Waals surface area contributed by atoms with Crippen LogP contribution in [0.3, 0.4) is 0 Å². The minimum absolute atomic E-state index is 0.764. The first kappa shape index (κ1) is 17.5. The maximum atomic E-state index is 3.44. The summed E-state index contributed by atoms with van der Waals surface area (Å²) in [5.41, 5.74) is 7.09. The highest BCUT2D eigenvalue weighted by atomic mass is 15.1. The van der Waals surface area contributed by atoms with E-state index in [1.807, 2.05) is 0 Å². The topological polar surface area (TPSA) is 19.0 Å². The van der Waals surface area contributed by atoms with Crippen molar-refractivity contribution in [3.05, 3.63) is 84.1 Å². The van der Waals surface area contributed by atoms with Crippen molar-refractivity contribution >= 4 is 22.0 Å². The van der Waals surface area contributed by atoms with E-state index in [-0.39, 0.29) is 0 Å². The summed E-state index contributed by atoms with van der Waals surface area (Å²) < 4.78 is 0. The summed E-state index contributed by atoms with van der Waals surface area (Å²) >= 11 is 0. The average molecular weight is 369 g/mol. The van der Waals surface area contributed by atoms with Crippen molar-refractivity contribution in [1.82, 2.24) is 9.88 Å². The van der Waals surface area contributed by atoms with Crippen molar-refractivity contribution in [2.24, 2.45) is 5.92 Å². The predicted octanol–water partition coefficient (Wildman–Crippen LogP) is 6.14. The highest BCUT2D eigenvalue weighted by Crippen LogP contribution is 2.35. The van der Waals surface area contributed by atoms with Gasteiger partial charge in [-0.25, -0.2) is 0 Å². The van der Waals surface area contributed by atoms with Crippen molar-refractivity contribution in [1.29, 1.82) is 0 Å². The lowest BCUT2D eigenvalue weighted by molar-refractivity contribution is 0.244. The molecule has 0 fully saturated rings. The number of nitrogens with zero attached hydrogens (tertiary/aromatic N) is 1. The first-order chi connectivity index (χ1) is 13.9. The third-order valence-corrected chi connectivity index (χ3v) is 6.36. The van der Waals surface area contributed by atoms with Gasteiger partial charge in [0.15, 0.2) is 0 Å². The molecule has 1 aromatic heterocycles. The van der Waals surface area contributed by atoms with Crippen LogP contribution in [0.5, 0.6) is 0 Å². The molecule has 0 saturated carbocycles. The minimum atomic E-state index is 0.764. The number of aromatic nitrogens is 1. The van der Waals surface area contributed by atoms with Gasteiger partial charge in [0.25, 0.3) is 0 Å². The van der Waals surface area contributed by atoms with E-state index >= 15 is 0 Å². The van der Waals surface area contributed by atoms with Gasteiger partial charge in [-0.3, -0.25) is 4.90 Å². The summed E-state index contributed by atoms with van der Waals surface area (Å²) in [7, 11) is 0. The Hall–Kier alpha value is -2.58. The smallest absolute Gasteiger partial charge is 0.0460 e. The lowest BCUT2D eigenvalue weighted by Gasteiger charge is -2.32.